The summed E-state index contributed by atoms with van der Waals surface area (Å²) in [6.45, 7) is 3.84. The zero-order valence-corrected chi connectivity index (χ0v) is 11.3. The molecule has 0 spiro atoms. The Morgan fingerprint density at radius 2 is 2.21 bits per heavy atom. The van der Waals surface area contributed by atoms with Gasteiger partial charge < -0.3 is 11.1 Å². The third-order valence-corrected chi connectivity index (χ3v) is 2.86. The Morgan fingerprint density at radius 1 is 1.47 bits per heavy atom. The molecule has 0 aliphatic carbocycles. The van der Waals surface area contributed by atoms with Crippen LogP contribution in [-0.4, -0.2) is 20.7 Å². The maximum atomic E-state index is 12.2. The van der Waals surface area contributed by atoms with Crippen molar-refractivity contribution in [3.8, 4) is 0 Å². The maximum absolute atomic E-state index is 12.2. The molecule has 0 radical (unpaired) electrons. The Morgan fingerprint density at radius 3 is 2.79 bits per heavy atom. The second kappa shape index (κ2) is 5.09. The molecule has 2 heterocycles. The number of carbonyl (C=O) groups excluding carboxylic acids is 1. The Labute approximate surface area is 111 Å². The summed E-state index contributed by atoms with van der Waals surface area (Å²) >= 11 is 0. The molecule has 2 rings (SSSR count). The van der Waals surface area contributed by atoms with E-state index in [1.165, 1.54) is 6.20 Å². The molecule has 0 aliphatic heterocycles. The highest BCUT2D eigenvalue weighted by atomic mass is 16.2. The van der Waals surface area contributed by atoms with Crippen LogP contribution < -0.4 is 11.1 Å². The molecule has 0 fully saturated rings. The summed E-state index contributed by atoms with van der Waals surface area (Å²) < 4.78 is 1.57. The highest BCUT2D eigenvalue weighted by molar-refractivity contribution is 6.03. The van der Waals surface area contributed by atoms with Gasteiger partial charge in [-0.05, 0) is 31.0 Å². The van der Waals surface area contributed by atoms with Crippen LogP contribution >= 0.6 is 0 Å². The van der Waals surface area contributed by atoms with E-state index in [-0.39, 0.29) is 5.91 Å². The lowest BCUT2D eigenvalue weighted by atomic mass is 10.2. The van der Waals surface area contributed by atoms with Crippen molar-refractivity contribution in [1.29, 1.82) is 0 Å². The molecule has 2 aromatic rings. The minimum Gasteiger partial charge on any atom is -0.397 e. The number of amides is 1. The van der Waals surface area contributed by atoms with Crippen molar-refractivity contribution in [1.82, 2.24) is 14.8 Å². The molecule has 0 bridgehead atoms. The summed E-state index contributed by atoms with van der Waals surface area (Å²) in [5.74, 6) is 0.286. The van der Waals surface area contributed by atoms with Crippen LogP contribution in [0.25, 0.3) is 0 Å². The van der Waals surface area contributed by atoms with Crippen molar-refractivity contribution in [2.24, 2.45) is 7.05 Å². The first-order valence-corrected chi connectivity index (χ1v) is 6.07. The lowest BCUT2D eigenvalue weighted by Crippen LogP contribution is -2.17. The third kappa shape index (κ3) is 2.73. The highest BCUT2D eigenvalue weighted by Gasteiger charge is 2.14. The molecule has 0 saturated heterocycles. The van der Waals surface area contributed by atoms with Crippen LogP contribution in [0.5, 0.6) is 0 Å². The van der Waals surface area contributed by atoms with Crippen LogP contribution in [0.15, 0.2) is 18.3 Å². The number of hydrogen-bond donors (Lipinski definition) is 2. The van der Waals surface area contributed by atoms with Crippen LogP contribution in [0.4, 0.5) is 11.5 Å². The van der Waals surface area contributed by atoms with E-state index in [1.54, 1.807) is 23.9 Å². The molecule has 19 heavy (non-hydrogen) atoms. The van der Waals surface area contributed by atoms with E-state index in [4.69, 9.17) is 5.73 Å². The van der Waals surface area contributed by atoms with Gasteiger partial charge in [0, 0.05) is 7.05 Å². The number of hydrogen-bond acceptors (Lipinski definition) is 4. The van der Waals surface area contributed by atoms with Crippen LogP contribution in [-0.2, 0) is 13.5 Å². The Kier molecular flexibility index (Phi) is 3.50. The monoisotopic (exact) mass is 259 g/mol. The topological polar surface area (TPSA) is 85.8 Å². The number of aryl methyl sites for hydroxylation is 3. The number of anilines is 2. The fourth-order valence-corrected chi connectivity index (χ4v) is 1.81. The first-order chi connectivity index (χ1) is 9.01. The van der Waals surface area contributed by atoms with Crippen LogP contribution in [0, 0.1) is 6.92 Å². The summed E-state index contributed by atoms with van der Waals surface area (Å²) in [6, 6.07) is 3.55. The van der Waals surface area contributed by atoms with Gasteiger partial charge in [0.1, 0.15) is 11.5 Å². The number of rotatable bonds is 3. The number of nitrogen functional groups attached to an aromatic ring is 1. The van der Waals surface area contributed by atoms with Crippen LogP contribution in [0.2, 0.25) is 0 Å². The van der Waals surface area contributed by atoms with Gasteiger partial charge in [0.2, 0.25) is 0 Å². The molecule has 0 aliphatic rings. The van der Waals surface area contributed by atoms with Crippen molar-refractivity contribution in [2.75, 3.05) is 11.1 Å². The number of nitrogens with one attached hydrogen (secondary N) is 1. The fraction of sp³-hybridized carbons (Fsp3) is 0.308. The normalized spacial score (nSPS) is 10.5. The number of nitrogens with zero attached hydrogens (tertiary/aromatic N) is 3. The predicted molar refractivity (Wildman–Crippen MR) is 73.9 cm³/mol. The van der Waals surface area contributed by atoms with Crippen molar-refractivity contribution >= 4 is 17.4 Å². The van der Waals surface area contributed by atoms with E-state index in [0.29, 0.717) is 17.2 Å². The van der Waals surface area contributed by atoms with E-state index in [2.05, 4.69) is 15.4 Å². The van der Waals surface area contributed by atoms with Gasteiger partial charge in [-0.2, -0.15) is 5.10 Å². The van der Waals surface area contributed by atoms with E-state index < -0.39 is 0 Å². The highest BCUT2D eigenvalue weighted by Crippen LogP contribution is 2.15. The minimum atomic E-state index is -0.227. The lowest BCUT2D eigenvalue weighted by Gasteiger charge is -2.07. The molecule has 100 valence electrons. The van der Waals surface area contributed by atoms with Gasteiger partial charge in [0.15, 0.2) is 0 Å². The smallest absolute Gasteiger partial charge is 0.275 e. The van der Waals surface area contributed by atoms with Crippen molar-refractivity contribution in [2.45, 2.75) is 20.3 Å². The summed E-state index contributed by atoms with van der Waals surface area (Å²) in [4.78, 5) is 16.3. The largest absolute Gasteiger partial charge is 0.397 e. The molecular weight excluding hydrogens is 242 g/mol. The van der Waals surface area contributed by atoms with E-state index in [0.717, 1.165) is 17.7 Å². The van der Waals surface area contributed by atoms with Gasteiger partial charge in [-0.15, -0.1) is 0 Å². The summed E-state index contributed by atoms with van der Waals surface area (Å²) in [6.07, 6.45) is 2.31. The average Bonchev–Trinajstić information content (AvgIpc) is 2.74. The molecule has 6 nitrogen and oxygen atoms in total. The second-order valence-corrected chi connectivity index (χ2v) is 4.39. The van der Waals surface area contributed by atoms with E-state index >= 15 is 0 Å². The Hall–Kier alpha value is -2.37. The standard InChI is InChI=1S/C13H17N5O/c1-4-10-6-11(18(3)17-10)13(19)16-12-8(2)5-9(14)7-15-12/h5-7H,4,14H2,1-3H3,(H,15,16,19). The maximum Gasteiger partial charge on any atom is 0.275 e. The summed E-state index contributed by atoms with van der Waals surface area (Å²) in [7, 11) is 1.75. The minimum absolute atomic E-state index is 0.227. The molecule has 0 saturated carbocycles. The van der Waals surface area contributed by atoms with Crippen molar-refractivity contribution in [3.05, 3.63) is 35.3 Å². The molecule has 0 atom stereocenters. The molecule has 2 aromatic heterocycles. The van der Waals surface area contributed by atoms with Gasteiger partial charge in [-0.25, -0.2) is 4.98 Å². The first kappa shape index (κ1) is 13.1. The van der Waals surface area contributed by atoms with Gasteiger partial charge >= 0.3 is 0 Å². The van der Waals surface area contributed by atoms with E-state index in [1.807, 2.05) is 13.8 Å². The number of nitrogens with two attached hydrogens (primary N) is 1. The molecule has 3 N–H and O–H groups in total. The second-order valence-electron chi connectivity index (χ2n) is 4.39. The Bertz CT molecular complexity index is 617. The molecule has 6 heteroatoms. The van der Waals surface area contributed by atoms with Crippen molar-refractivity contribution in [3.63, 3.8) is 0 Å². The lowest BCUT2D eigenvalue weighted by molar-refractivity contribution is 0.101. The molecule has 0 unspecified atom stereocenters. The predicted octanol–water partition coefficient (Wildman–Crippen LogP) is 1.52. The number of carbonyl (C=O) groups is 1. The Balaban J connectivity index is 2.23. The average molecular weight is 259 g/mol. The third-order valence-electron chi connectivity index (χ3n) is 2.86. The van der Waals surface area contributed by atoms with Gasteiger partial charge in [-0.1, -0.05) is 6.92 Å². The summed E-state index contributed by atoms with van der Waals surface area (Å²) in [5.41, 5.74) is 8.42. The molecule has 0 aromatic carbocycles. The fourth-order valence-electron chi connectivity index (χ4n) is 1.81. The molecule has 1 amide bonds. The zero-order chi connectivity index (χ0) is 14.0. The van der Waals surface area contributed by atoms with E-state index in [9.17, 15) is 4.79 Å². The zero-order valence-electron chi connectivity index (χ0n) is 11.3. The number of pyridine rings is 1. The van der Waals surface area contributed by atoms with Gasteiger partial charge in [0.25, 0.3) is 5.91 Å². The van der Waals surface area contributed by atoms with Crippen molar-refractivity contribution < 1.29 is 4.79 Å². The van der Waals surface area contributed by atoms with Gasteiger partial charge in [0.05, 0.1) is 17.6 Å². The molecular formula is C13H17N5O. The SMILES string of the molecule is CCc1cc(C(=O)Nc2ncc(N)cc2C)n(C)n1. The van der Waals surface area contributed by atoms with Crippen LogP contribution in [0.1, 0.15) is 28.7 Å². The van der Waals surface area contributed by atoms with Crippen LogP contribution in [0.3, 0.4) is 0 Å². The summed E-state index contributed by atoms with van der Waals surface area (Å²) in [5, 5.41) is 7.01. The number of aromatic nitrogens is 3. The first-order valence-electron chi connectivity index (χ1n) is 6.07. The quantitative estimate of drug-likeness (QED) is 0.875. The van der Waals surface area contributed by atoms with Gasteiger partial charge in [-0.3, -0.25) is 9.48 Å².